The minimum atomic E-state index is -1.15. The molecule has 2 aliphatic heterocycles. The van der Waals surface area contributed by atoms with E-state index in [1.54, 1.807) is 12.1 Å². The van der Waals surface area contributed by atoms with E-state index >= 15 is 0 Å². The van der Waals surface area contributed by atoms with Crippen molar-refractivity contribution in [3.8, 4) is 11.3 Å². The monoisotopic (exact) mass is 397 g/mol. The Morgan fingerprint density at radius 2 is 1.90 bits per heavy atom. The number of urea groups is 1. The highest BCUT2D eigenvalue weighted by atomic mass is 19.1. The zero-order chi connectivity index (χ0) is 20.7. The lowest BCUT2D eigenvalue weighted by atomic mass is 10.0. The summed E-state index contributed by atoms with van der Waals surface area (Å²) in [6, 6.07) is 7.64. The molecule has 1 saturated heterocycles. The van der Waals surface area contributed by atoms with Crippen LogP contribution in [0.3, 0.4) is 0 Å². The van der Waals surface area contributed by atoms with Crippen molar-refractivity contribution in [1.29, 1.82) is 0 Å². The number of carbonyl (C=O) groups excluding carboxylic acids is 3. The lowest BCUT2D eigenvalue weighted by Gasteiger charge is -2.40. The van der Waals surface area contributed by atoms with Crippen LogP contribution in [0.5, 0.6) is 0 Å². The Labute approximate surface area is 164 Å². The van der Waals surface area contributed by atoms with Gasteiger partial charge in [-0.2, -0.15) is 5.10 Å². The van der Waals surface area contributed by atoms with Crippen molar-refractivity contribution >= 4 is 24.1 Å². The van der Waals surface area contributed by atoms with Gasteiger partial charge >= 0.3 is 6.03 Å². The summed E-state index contributed by atoms with van der Waals surface area (Å²) < 4.78 is 14.7. The topological polar surface area (TPSA) is 105 Å². The Hall–Kier alpha value is -3.69. The average Bonchev–Trinajstić information content (AvgIpc) is 2.66. The summed E-state index contributed by atoms with van der Waals surface area (Å²) in [7, 11) is 1.27. The molecule has 0 spiro atoms. The van der Waals surface area contributed by atoms with Crippen molar-refractivity contribution in [3.63, 3.8) is 0 Å². The highest BCUT2D eigenvalue weighted by molar-refractivity contribution is 6.20. The van der Waals surface area contributed by atoms with Gasteiger partial charge in [0.2, 0.25) is 11.8 Å². The molecule has 4 amide bonds. The summed E-state index contributed by atoms with van der Waals surface area (Å²) in [5.41, 5.74) is 0.620. The van der Waals surface area contributed by atoms with Gasteiger partial charge in [0.15, 0.2) is 5.92 Å². The number of benzene rings is 1. The first-order valence-corrected chi connectivity index (χ1v) is 8.85. The zero-order valence-corrected chi connectivity index (χ0v) is 15.4. The molecule has 2 aliphatic rings. The number of hydrogen-bond acceptors (Lipinski definition) is 5. The van der Waals surface area contributed by atoms with Crippen molar-refractivity contribution < 1.29 is 18.8 Å². The van der Waals surface area contributed by atoms with Crippen LogP contribution in [0.15, 0.2) is 46.2 Å². The second-order valence-electron chi connectivity index (χ2n) is 6.84. The lowest BCUT2D eigenvalue weighted by Crippen LogP contribution is -2.57. The maximum Gasteiger partial charge on any atom is 0.349 e. The van der Waals surface area contributed by atoms with Gasteiger partial charge in [0.25, 0.3) is 5.56 Å². The standard InChI is InChI=1S/C19H16FN5O4/c1-23-17(27)14(8-21-19(23)29)18(28)24-9-13(10-24)25-16(26)6-5-15(22-25)11-3-2-4-12(20)7-11/h2-8,13-14H,9-10H2,1H3. The number of imide groups is 1. The summed E-state index contributed by atoms with van der Waals surface area (Å²) in [5, 5.41) is 4.30. The van der Waals surface area contributed by atoms with Crippen LogP contribution in [-0.2, 0) is 9.59 Å². The molecule has 0 N–H and O–H groups in total. The number of likely N-dealkylation sites (tertiary alicyclic amines) is 1. The second kappa shape index (κ2) is 7.04. The summed E-state index contributed by atoms with van der Waals surface area (Å²) in [4.78, 5) is 54.0. The molecule has 1 fully saturated rings. The maximum absolute atomic E-state index is 13.5. The molecule has 0 aliphatic carbocycles. The number of halogens is 1. The molecular formula is C19H16FN5O4. The van der Waals surface area contributed by atoms with E-state index in [0.717, 1.165) is 11.1 Å². The van der Waals surface area contributed by atoms with Gasteiger partial charge in [0, 0.05) is 38.0 Å². The number of rotatable bonds is 3. The summed E-state index contributed by atoms with van der Waals surface area (Å²) in [5.74, 6) is -2.68. The molecule has 2 aromatic rings. The lowest BCUT2D eigenvalue weighted by molar-refractivity contribution is -0.146. The van der Waals surface area contributed by atoms with Crippen molar-refractivity contribution in [3.05, 3.63) is 52.6 Å². The smallest absolute Gasteiger partial charge is 0.337 e. The highest BCUT2D eigenvalue weighted by Gasteiger charge is 2.41. The van der Waals surface area contributed by atoms with Gasteiger partial charge in [-0.25, -0.2) is 18.9 Å². The van der Waals surface area contributed by atoms with Gasteiger partial charge in [-0.05, 0) is 18.2 Å². The molecule has 1 aromatic heterocycles. The number of carbonyl (C=O) groups is 3. The molecular weight excluding hydrogens is 381 g/mol. The van der Waals surface area contributed by atoms with Crippen LogP contribution in [0.25, 0.3) is 11.3 Å². The van der Waals surface area contributed by atoms with Crippen LogP contribution in [0.2, 0.25) is 0 Å². The molecule has 3 heterocycles. The minimum absolute atomic E-state index is 0.188. The zero-order valence-electron chi connectivity index (χ0n) is 15.4. The predicted molar refractivity (Wildman–Crippen MR) is 99.7 cm³/mol. The third kappa shape index (κ3) is 3.33. The van der Waals surface area contributed by atoms with Crippen molar-refractivity contribution in [1.82, 2.24) is 19.6 Å². The minimum Gasteiger partial charge on any atom is -0.337 e. The number of aliphatic imine (C=N–C) groups is 1. The molecule has 1 atom stereocenters. The molecule has 148 valence electrons. The first-order chi connectivity index (χ1) is 13.8. The predicted octanol–water partition coefficient (Wildman–Crippen LogP) is 0.712. The molecule has 0 radical (unpaired) electrons. The highest BCUT2D eigenvalue weighted by Crippen LogP contribution is 2.24. The van der Waals surface area contributed by atoms with Gasteiger partial charge in [0.1, 0.15) is 5.82 Å². The molecule has 0 bridgehead atoms. The number of hydrogen-bond donors (Lipinski definition) is 0. The normalized spacial score (nSPS) is 19.4. The molecule has 10 heteroatoms. The van der Waals surface area contributed by atoms with Gasteiger partial charge in [0.05, 0.1) is 11.7 Å². The maximum atomic E-state index is 13.5. The van der Waals surface area contributed by atoms with E-state index in [-0.39, 0.29) is 24.7 Å². The first kappa shape index (κ1) is 18.7. The largest absolute Gasteiger partial charge is 0.349 e. The van der Waals surface area contributed by atoms with E-state index in [2.05, 4.69) is 10.1 Å². The number of nitrogens with zero attached hydrogens (tertiary/aromatic N) is 5. The van der Waals surface area contributed by atoms with Crippen LogP contribution in [0.1, 0.15) is 6.04 Å². The third-order valence-electron chi connectivity index (χ3n) is 4.95. The van der Waals surface area contributed by atoms with E-state index in [1.807, 2.05) is 0 Å². The molecule has 9 nitrogen and oxygen atoms in total. The Morgan fingerprint density at radius 1 is 1.14 bits per heavy atom. The Morgan fingerprint density at radius 3 is 2.62 bits per heavy atom. The molecule has 1 unspecified atom stereocenters. The Bertz CT molecular complexity index is 1110. The van der Waals surface area contributed by atoms with Crippen molar-refractivity contribution in [2.24, 2.45) is 10.9 Å². The fourth-order valence-electron chi connectivity index (χ4n) is 3.24. The van der Waals surface area contributed by atoms with E-state index < -0.39 is 29.6 Å². The van der Waals surface area contributed by atoms with Gasteiger partial charge in [-0.1, -0.05) is 12.1 Å². The van der Waals surface area contributed by atoms with Gasteiger partial charge < -0.3 is 4.90 Å². The van der Waals surface area contributed by atoms with E-state index in [4.69, 9.17) is 0 Å². The van der Waals surface area contributed by atoms with Crippen molar-refractivity contribution in [2.45, 2.75) is 6.04 Å². The fourth-order valence-corrected chi connectivity index (χ4v) is 3.24. The number of aromatic nitrogens is 2. The quantitative estimate of drug-likeness (QED) is 0.710. The number of amides is 4. The Balaban J connectivity index is 1.50. The van der Waals surface area contributed by atoms with Gasteiger partial charge in [-0.3, -0.25) is 19.3 Å². The molecule has 4 rings (SSSR count). The molecule has 0 saturated carbocycles. The van der Waals surface area contributed by atoms with Crippen LogP contribution >= 0.6 is 0 Å². The Kier molecular flexibility index (Phi) is 4.53. The summed E-state index contributed by atoms with van der Waals surface area (Å²) >= 11 is 0. The second-order valence-corrected chi connectivity index (χ2v) is 6.84. The molecule has 29 heavy (non-hydrogen) atoms. The third-order valence-corrected chi connectivity index (χ3v) is 4.95. The van der Waals surface area contributed by atoms with Crippen LogP contribution in [0, 0.1) is 11.7 Å². The average molecular weight is 397 g/mol. The molecule has 1 aromatic carbocycles. The van der Waals surface area contributed by atoms with Crippen LogP contribution in [0.4, 0.5) is 9.18 Å². The van der Waals surface area contributed by atoms with E-state index in [1.165, 1.54) is 40.9 Å². The summed E-state index contributed by atoms with van der Waals surface area (Å²) in [6.07, 6.45) is 1.05. The van der Waals surface area contributed by atoms with Crippen LogP contribution in [-0.4, -0.2) is 63.8 Å². The summed E-state index contributed by atoms with van der Waals surface area (Å²) in [6.45, 7) is 0.376. The van der Waals surface area contributed by atoms with Crippen LogP contribution < -0.4 is 5.56 Å². The van der Waals surface area contributed by atoms with Gasteiger partial charge in [-0.15, -0.1) is 0 Å². The van der Waals surface area contributed by atoms with E-state index in [0.29, 0.717) is 11.3 Å². The van der Waals surface area contributed by atoms with E-state index in [9.17, 15) is 23.6 Å². The van der Waals surface area contributed by atoms with Crippen molar-refractivity contribution in [2.75, 3.05) is 20.1 Å². The fraction of sp³-hybridized carbons (Fsp3) is 0.263. The first-order valence-electron chi connectivity index (χ1n) is 8.85. The SMILES string of the molecule is CN1C(=O)N=CC(C(=O)N2CC(n3nc(-c4cccc(F)c4)ccc3=O)C2)C1=O.